The van der Waals surface area contributed by atoms with Gasteiger partial charge in [0.2, 0.25) is 12.2 Å². The average Bonchev–Trinajstić information content (AvgIpc) is 2.95. The van der Waals surface area contributed by atoms with Gasteiger partial charge in [0.25, 0.3) is 5.91 Å². The maximum absolute atomic E-state index is 12.6. The Bertz CT molecular complexity index is 784. The molecule has 1 aromatic carbocycles. The van der Waals surface area contributed by atoms with Gasteiger partial charge >= 0.3 is 0 Å². The minimum Gasteiger partial charge on any atom is -0.394 e. The molecule has 2 heterocycles. The van der Waals surface area contributed by atoms with Gasteiger partial charge in [0.05, 0.1) is 12.3 Å². The summed E-state index contributed by atoms with van der Waals surface area (Å²) in [7, 11) is 0. The summed E-state index contributed by atoms with van der Waals surface area (Å²) >= 11 is 0. The summed E-state index contributed by atoms with van der Waals surface area (Å²) in [5.74, 6) is -0.835. The highest BCUT2D eigenvalue weighted by Crippen LogP contribution is 2.29. The molecule has 2 aliphatic rings. The molecule has 0 unspecified atom stereocenters. The van der Waals surface area contributed by atoms with E-state index >= 15 is 0 Å². The molecule has 0 aliphatic carbocycles. The molecule has 28 heavy (non-hydrogen) atoms. The van der Waals surface area contributed by atoms with Crippen molar-refractivity contribution in [1.82, 2.24) is 5.32 Å². The fourth-order valence-corrected chi connectivity index (χ4v) is 3.33. The molecule has 10 heteroatoms. The zero-order valence-electron chi connectivity index (χ0n) is 15.5. The van der Waals surface area contributed by atoms with Crippen LogP contribution in [0.2, 0.25) is 0 Å². The Morgan fingerprint density at radius 1 is 1.32 bits per heavy atom. The van der Waals surface area contributed by atoms with E-state index in [1.807, 2.05) is 6.92 Å². The van der Waals surface area contributed by atoms with Crippen LogP contribution in [-0.4, -0.2) is 76.6 Å². The number of anilines is 1. The number of carbonyl (C=O) groups is 2. The van der Waals surface area contributed by atoms with Crippen molar-refractivity contribution in [2.75, 3.05) is 18.1 Å². The van der Waals surface area contributed by atoms with Crippen LogP contribution in [-0.2, 0) is 19.2 Å². The van der Waals surface area contributed by atoms with E-state index in [4.69, 9.17) is 9.57 Å². The molecule has 2 aliphatic heterocycles. The highest BCUT2D eigenvalue weighted by atomic mass is 16.8. The number of nitrogens with zero attached hydrogens (tertiary/aromatic N) is 2. The monoisotopic (exact) mass is 393 g/mol. The maximum Gasteiger partial charge on any atom is 0.281 e. The molecule has 0 bridgehead atoms. The van der Waals surface area contributed by atoms with Gasteiger partial charge in [0.1, 0.15) is 24.4 Å². The molecule has 0 saturated carbocycles. The lowest BCUT2D eigenvalue weighted by atomic mass is 9.97. The Morgan fingerprint density at radius 3 is 2.68 bits per heavy atom. The van der Waals surface area contributed by atoms with Gasteiger partial charge in [-0.05, 0) is 13.0 Å². The van der Waals surface area contributed by atoms with Crippen LogP contribution in [0.1, 0.15) is 19.4 Å². The van der Waals surface area contributed by atoms with E-state index in [0.29, 0.717) is 17.8 Å². The SMILES string of the molecule is CCN1C(=O)/C(=N\O[C@@H]2O[C@H](CO)[C@H](O)[C@H](O)[C@H]2NC(C)=O)c2ccccc21. The number of aliphatic hydroxyl groups is 3. The molecular weight excluding hydrogens is 370 g/mol. The van der Waals surface area contributed by atoms with Crippen molar-refractivity contribution in [2.45, 2.75) is 44.5 Å². The maximum atomic E-state index is 12.6. The molecule has 4 N–H and O–H groups in total. The number of aliphatic hydroxyl groups excluding tert-OH is 3. The minimum atomic E-state index is -1.46. The van der Waals surface area contributed by atoms with Gasteiger partial charge in [-0.3, -0.25) is 9.59 Å². The Labute approximate surface area is 161 Å². The van der Waals surface area contributed by atoms with E-state index < -0.39 is 43.2 Å². The second kappa shape index (κ2) is 8.23. The topological polar surface area (TPSA) is 141 Å². The Kier molecular flexibility index (Phi) is 5.94. The third kappa shape index (κ3) is 3.59. The summed E-state index contributed by atoms with van der Waals surface area (Å²) in [5, 5.41) is 36.0. The first-order valence-electron chi connectivity index (χ1n) is 8.93. The molecule has 3 rings (SSSR count). The predicted octanol–water partition coefficient (Wildman–Crippen LogP) is -1.28. The number of oxime groups is 1. The minimum absolute atomic E-state index is 0.0591. The van der Waals surface area contributed by atoms with Crippen LogP contribution in [0.3, 0.4) is 0 Å². The van der Waals surface area contributed by atoms with Crippen LogP contribution in [0, 0.1) is 0 Å². The first-order valence-corrected chi connectivity index (χ1v) is 8.93. The van der Waals surface area contributed by atoms with E-state index in [0.717, 1.165) is 0 Å². The predicted molar refractivity (Wildman–Crippen MR) is 97.5 cm³/mol. The second-order valence-electron chi connectivity index (χ2n) is 6.54. The highest BCUT2D eigenvalue weighted by Gasteiger charge is 2.46. The van der Waals surface area contributed by atoms with Gasteiger partial charge in [-0.2, -0.15) is 0 Å². The highest BCUT2D eigenvalue weighted by molar-refractivity contribution is 6.54. The Hall–Kier alpha value is -2.53. The van der Waals surface area contributed by atoms with Gasteiger partial charge in [0.15, 0.2) is 5.71 Å². The number of para-hydroxylation sites is 1. The zero-order chi connectivity index (χ0) is 20.4. The quantitative estimate of drug-likeness (QED) is 0.457. The van der Waals surface area contributed by atoms with Crippen LogP contribution in [0.15, 0.2) is 29.4 Å². The van der Waals surface area contributed by atoms with Crippen molar-refractivity contribution in [3.05, 3.63) is 29.8 Å². The Morgan fingerprint density at radius 2 is 2.04 bits per heavy atom. The normalized spacial score (nSPS) is 31.0. The van der Waals surface area contributed by atoms with E-state index in [1.54, 1.807) is 29.2 Å². The van der Waals surface area contributed by atoms with Crippen molar-refractivity contribution < 1.29 is 34.5 Å². The molecule has 0 radical (unpaired) electrons. The average molecular weight is 393 g/mol. The molecule has 152 valence electrons. The lowest BCUT2D eigenvalue weighted by Crippen LogP contribution is -2.64. The second-order valence-corrected chi connectivity index (χ2v) is 6.54. The van der Waals surface area contributed by atoms with Crippen LogP contribution < -0.4 is 10.2 Å². The molecule has 1 saturated heterocycles. The smallest absolute Gasteiger partial charge is 0.281 e. The van der Waals surface area contributed by atoms with E-state index in [9.17, 15) is 24.9 Å². The van der Waals surface area contributed by atoms with Gasteiger partial charge in [-0.25, -0.2) is 0 Å². The van der Waals surface area contributed by atoms with E-state index in [1.165, 1.54) is 6.92 Å². The number of benzene rings is 1. The summed E-state index contributed by atoms with van der Waals surface area (Å²) in [4.78, 5) is 31.0. The molecule has 5 atom stereocenters. The number of fused-ring (bicyclic) bond motifs is 1. The van der Waals surface area contributed by atoms with Crippen LogP contribution in [0.4, 0.5) is 5.69 Å². The third-order valence-electron chi connectivity index (χ3n) is 4.71. The number of hydrogen-bond donors (Lipinski definition) is 4. The van der Waals surface area contributed by atoms with Gasteiger partial charge < -0.3 is 35.1 Å². The molecule has 1 fully saturated rings. The number of hydrogen-bond acceptors (Lipinski definition) is 8. The first-order chi connectivity index (χ1) is 13.4. The number of carbonyl (C=O) groups excluding carboxylic acids is 2. The summed E-state index contributed by atoms with van der Waals surface area (Å²) in [6, 6.07) is 5.94. The van der Waals surface area contributed by atoms with E-state index in [2.05, 4.69) is 10.5 Å². The zero-order valence-corrected chi connectivity index (χ0v) is 15.5. The summed E-state index contributed by atoms with van der Waals surface area (Å²) in [6.45, 7) is 2.93. The molecule has 0 spiro atoms. The summed E-state index contributed by atoms with van der Waals surface area (Å²) < 4.78 is 5.44. The fourth-order valence-electron chi connectivity index (χ4n) is 3.33. The van der Waals surface area contributed by atoms with Crippen molar-refractivity contribution in [3.63, 3.8) is 0 Å². The Balaban J connectivity index is 1.88. The molecular formula is C18H23N3O7. The lowest BCUT2D eigenvalue weighted by Gasteiger charge is -2.40. The van der Waals surface area contributed by atoms with Crippen molar-refractivity contribution in [1.29, 1.82) is 0 Å². The van der Waals surface area contributed by atoms with Gasteiger partial charge in [-0.15, -0.1) is 0 Å². The van der Waals surface area contributed by atoms with E-state index in [-0.39, 0.29) is 11.6 Å². The van der Waals surface area contributed by atoms with Gasteiger partial charge in [0, 0.05) is 19.0 Å². The fraction of sp³-hybridized carbons (Fsp3) is 0.500. The van der Waals surface area contributed by atoms with Crippen molar-refractivity contribution in [2.24, 2.45) is 5.16 Å². The van der Waals surface area contributed by atoms with Gasteiger partial charge in [-0.1, -0.05) is 23.4 Å². The first kappa shape index (κ1) is 20.2. The third-order valence-corrected chi connectivity index (χ3v) is 4.71. The number of nitrogens with one attached hydrogen (secondary N) is 1. The molecule has 10 nitrogen and oxygen atoms in total. The van der Waals surface area contributed by atoms with Crippen molar-refractivity contribution in [3.8, 4) is 0 Å². The van der Waals surface area contributed by atoms with Crippen LogP contribution in [0.5, 0.6) is 0 Å². The number of likely N-dealkylation sites (N-methyl/N-ethyl adjacent to an activating group) is 1. The molecule has 0 aromatic heterocycles. The summed E-state index contributed by atoms with van der Waals surface area (Å²) in [5.41, 5.74) is 1.34. The number of rotatable bonds is 5. The largest absolute Gasteiger partial charge is 0.394 e. The number of amides is 2. The molecule has 1 aromatic rings. The lowest BCUT2D eigenvalue weighted by molar-refractivity contribution is -0.270. The van der Waals surface area contributed by atoms with Crippen molar-refractivity contribution >= 4 is 23.2 Å². The number of ether oxygens (including phenoxy) is 1. The molecule has 2 amide bonds. The van der Waals surface area contributed by atoms with Crippen LogP contribution >= 0.6 is 0 Å². The summed E-state index contributed by atoms with van der Waals surface area (Å²) in [6.07, 6.45) is -5.34. The standard InChI is InChI=1S/C18H23N3O7/c1-3-21-11-7-5-4-6-10(11)13(17(21)26)20-28-18-14(19-9(2)23)16(25)15(24)12(8-22)27-18/h4-7,12,14-16,18,22,24-25H,3,8H2,1-2H3,(H,19,23)/b20-13-/t12-,14-,15+,16-,18+/m1/s1. The van der Waals surface area contributed by atoms with Crippen LogP contribution in [0.25, 0.3) is 0 Å².